The Balaban J connectivity index is 0.00000156. The van der Waals surface area contributed by atoms with Crippen LogP contribution in [-0.4, -0.2) is 80.9 Å². The quantitative estimate of drug-likeness (QED) is 0.411. The zero-order valence-corrected chi connectivity index (χ0v) is 21.1. The highest BCUT2D eigenvalue weighted by Gasteiger charge is 2.60. The highest BCUT2D eigenvalue weighted by Crippen LogP contribution is 2.45. The number of fused-ring (bicyclic) bond motifs is 2. The van der Waals surface area contributed by atoms with E-state index in [0.29, 0.717) is 6.07 Å². The van der Waals surface area contributed by atoms with Gasteiger partial charge in [0.25, 0.3) is 5.92 Å². The van der Waals surface area contributed by atoms with Crippen LogP contribution >= 0.6 is 10.5 Å². The van der Waals surface area contributed by atoms with Gasteiger partial charge in [0, 0.05) is 37.6 Å². The highest BCUT2D eigenvalue weighted by molar-refractivity contribution is 8.26. The molecule has 3 aromatic rings. The maximum Gasteiger partial charge on any atom is 0.326 e. The van der Waals surface area contributed by atoms with Crippen LogP contribution in [0.15, 0.2) is 35.0 Å². The first-order valence-corrected chi connectivity index (χ1v) is 13.6. The van der Waals surface area contributed by atoms with E-state index in [1.807, 2.05) is 0 Å². The molecule has 4 heterocycles. The third-order valence-electron chi connectivity index (χ3n) is 6.52. The van der Waals surface area contributed by atoms with E-state index in [-0.39, 0.29) is 53.3 Å². The molecule has 2 amide bonds. The standard InChI is InChI=1S/C22H23F4N5O3S.CH4O/c1-3-35(2,33)29-16-11-31-17(22(16,25)26)7-8-30(21(31)32)20-18-13(5-4-6-15(18)34-28-20)19-14(24)9-12(23)10-27-19;1-2/h4-6,9-10,16-17,29,33H,3,7-8,11H2,1-2H3;2H,1H3/t16-,17-;/m1./s1. The van der Waals surface area contributed by atoms with Gasteiger partial charge in [-0.15, -0.1) is 0 Å². The molecule has 3 N–H and O–H groups in total. The first-order chi connectivity index (χ1) is 17.5. The lowest BCUT2D eigenvalue weighted by atomic mass is 10.0. The second-order valence-corrected chi connectivity index (χ2v) is 11.6. The third-order valence-corrected chi connectivity index (χ3v) is 8.44. The minimum atomic E-state index is -3.24. The van der Waals surface area contributed by atoms with E-state index in [1.165, 1.54) is 17.2 Å². The van der Waals surface area contributed by atoms with E-state index >= 15 is 8.78 Å². The molecule has 2 aromatic heterocycles. The monoisotopic (exact) mass is 545 g/mol. The topological polar surface area (TPSA) is 115 Å². The molecule has 2 aliphatic rings. The van der Waals surface area contributed by atoms with E-state index in [9.17, 15) is 18.1 Å². The SMILES string of the molecule is CCS(C)(O)N[C@@H]1CN2C(=O)N(c3noc4cccc(-c5ncc(F)cc5F)c34)CC[C@@H]2C1(F)F.CO. The average Bonchev–Trinajstić information content (AvgIpc) is 3.40. The Kier molecular flexibility index (Phi) is 7.38. The molecule has 9 nitrogen and oxygen atoms in total. The Bertz CT molecular complexity index is 1310. The summed E-state index contributed by atoms with van der Waals surface area (Å²) in [4.78, 5) is 19.5. The Labute approximate surface area is 211 Å². The molecule has 37 heavy (non-hydrogen) atoms. The predicted octanol–water partition coefficient (Wildman–Crippen LogP) is 4.23. The van der Waals surface area contributed by atoms with Crippen molar-refractivity contribution in [2.45, 2.75) is 31.4 Å². The van der Waals surface area contributed by atoms with E-state index < -0.39 is 46.2 Å². The van der Waals surface area contributed by atoms with Crippen LogP contribution in [0.5, 0.6) is 0 Å². The average molecular weight is 546 g/mol. The number of halogens is 4. The molecule has 2 saturated heterocycles. The second-order valence-electron chi connectivity index (χ2n) is 8.73. The van der Waals surface area contributed by atoms with Crippen molar-refractivity contribution in [2.24, 2.45) is 0 Å². The lowest BCUT2D eigenvalue weighted by Gasteiger charge is -2.38. The minimum absolute atomic E-state index is 0.0375. The summed E-state index contributed by atoms with van der Waals surface area (Å²) in [7, 11) is -1.44. The Morgan fingerprint density at radius 1 is 1.30 bits per heavy atom. The van der Waals surface area contributed by atoms with Gasteiger partial charge in [-0.3, -0.25) is 14.6 Å². The fraction of sp³-hybridized carbons (Fsp3) is 0.435. The van der Waals surface area contributed by atoms with Crippen LogP contribution in [-0.2, 0) is 0 Å². The zero-order valence-electron chi connectivity index (χ0n) is 20.3. The number of carbonyl (C=O) groups excluding carboxylic acids is 1. The number of benzene rings is 1. The van der Waals surface area contributed by atoms with Crippen molar-refractivity contribution in [2.75, 3.05) is 37.1 Å². The number of urea groups is 1. The molecule has 3 atom stereocenters. The molecule has 0 saturated carbocycles. The van der Waals surface area contributed by atoms with Crippen molar-refractivity contribution in [3.63, 3.8) is 0 Å². The van der Waals surface area contributed by atoms with Crippen molar-refractivity contribution in [3.8, 4) is 11.3 Å². The molecular weight excluding hydrogens is 518 g/mol. The summed E-state index contributed by atoms with van der Waals surface area (Å²) in [5.74, 6) is -4.68. The van der Waals surface area contributed by atoms with Crippen molar-refractivity contribution in [3.05, 3.63) is 42.1 Å². The van der Waals surface area contributed by atoms with E-state index in [4.69, 9.17) is 9.63 Å². The number of amides is 2. The van der Waals surface area contributed by atoms with Gasteiger partial charge >= 0.3 is 6.03 Å². The predicted molar refractivity (Wildman–Crippen MR) is 132 cm³/mol. The van der Waals surface area contributed by atoms with Crippen LogP contribution in [0.4, 0.5) is 28.2 Å². The number of anilines is 1. The fourth-order valence-electron chi connectivity index (χ4n) is 4.62. The summed E-state index contributed by atoms with van der Waals surface area (Å²) in [5.41, 5.74) is 0.289. The number of hydrogen-bond acceptors (Lipinski definition) is 7. The van der Waals surface area contributed by atoms with Crippen LogP contribution in [0.25, 0.3) is 22.2 Å². The molecule has 202 valence electrons. The number of alkyl halides is 2. The number of carbonyl (C=O) groups is 1. The lowest BCUT2D eigenvalue weighted by molar-refractivity contribution is -0.0448. The van der Waals surface area contributed by atoms with E-state index in [0.717, 1.165) is 18.2 Å². The number of nitrogens with zero attached hydrogens (tertiary/aromatic N) is 4. The summed E-state index contributed by atoms with van der Waals surface area (Å²) in [6.07, 6.45) is 2.30. The van der Waals surface area contributed by atoms with Crippen LogP contribution in [0.2, 0.25) is 0 Å². The third kappa shape index (κ3) is 4.74. The van der Waals surface area contributed by atoms with Crippen LogP contribution in [0.1, 0.15) is 13.3 Å². The number of hydrogen-bond donors (Lipinski definition) is 3. The maximum absolute atomic E-state index is 15.2. The smallest absolute Gasteiger partial charge is 0.326 e. The van der Waals surface area contributed by atoms with Crippen molar-refractivity contribution >= 4 is 33.3 Å². The number of aliphatic hydroxyl groups is 1. The first-order valence-electron chi connectivity index (χ1n) is 11.4. The molecule has 0 spiro atoms. The molecule has 2 fully saturated rings. The van der Waals surface area contributed by atoms with Crippen LogP contribution < -0.4 is 9.62 Å². The summed E-state index contributed by atoms with van der Waals surface area (Å²) < 4.78 is 76.7. The van der Waals surface area contributed by atoms with E-state index in [2.05, 4.69) is 14.9 Å². The zero-order chi connectivity index (χ0) is 27.1. The van der Waals surface area contributed by atoms with Crippen molar-refractivity contribution in [1.29, 1.82) is 0 Å². The molecule has 1 aromatic carbocycles. The number of aromatic nitrogens is 2. The largest absolute Gasteiger partial charge is 0.400 e. The van der Waals surface area contributed by atoms with Crippen molar-refractivity contribution < 1.29 is 36.5 Å². The van der Waals surface area contributed by atoms with Gasteiger partial charge in [-0.25, -0.2) is 22.4 Å². The fourth-order valence-corrected chi connectivity index (χ4v) is 5.63. The summed E-state index contributed by atoms with van der Waals surface area (Å²) >= 11 is 0. The van der Waals surface area contributed by atoms with Gasteiger partial charge in [0.1, 0.15) is 23.6 Å². The Hall–Kier alpha value is -2.94. The van der Waals surface area contributed by atoms with Gasteiger partial charge in [-0.1, -0.05) is 34.7 Å². The Morgan fingerprint density at radius 2 is 2.03 bits per heavy atom. The first kappa shape index (κ1) is 27.1. The molecular formula is C23H27F4N5O4S. The summed E-state index contributed by atoms with van der Waals surface area (Å²) in [5, 5.41) is 11.2. The molecule has 1 unspecified atom stereocenters. The van der Waals surface area contributed by atoms with Gasteiger partial charge in [-0.05, 0) is 18.7 Å². The van der Waals surface area contributed by atoms with Gasteiger partial charge in [0.15, 0.2) is 17.2 Å². The molecule has 14 heteroatoms. The molecule has 0 aliphatic carbocycles. The second kappa shape index (κ2) is 10.1. The molecule has 2 aliphatic heterocycles. The van der Waals surface area contributed by atoms with E-state index in [1.54, 1.807) is 19.1 Å². The molecule has 5 rings (SSSR count). The van der Waals surface area contributed by atoms with Crippen LogP contribution in [0, 0.1) is 11.6 Å². The van der Waals surface area contributed by atoms with Gasteiger partial charge in [0.05, 0.1) is 11.6 Å². The highest BCUT2D eigenvalue weighted by atomic mass is 32.3. The number of pyridine rings is 1. The van der Waals surface area contributed by atoms with Gasteiger partial charge < -0.3 is 19.1 Å². The summed E-state index contributed by atoms with van der Waals surface area (Å²) in [6, 6.07) is 1.92. The normalized spacial score (nSPS) is 23.3. The number of rotatable bonds is 5. The van der Waals surface area contributed by atoms with Crippen LogP contribution in [0.3, 0.4) is 0 Å². The molecule has 0 bridgehead atoms. The lowest BCUT2D eigenvalue weighted by Crippen LogP contribution is -2.56. The van der Waals surface area contributed by atoms with Gasteiger partial charge in [-0.2, -0.15) is 0 Å². The number of aliphatic hydroxyl groups excluding tert-OH is 1. The summed E-state index contributed by atoms with van der Waals surface area (Å²) in [6.45, 7) is 1.32. The maximum atomic E-state index is 15.2. The molecule has 0 radical (unpaired) electrons. The van der Waals surface area contributed by atoms with Crippen molar-refractivity contribution in [1.82, 2.24) is 19.8 Å². The Morgan fingerprint density at radius 3 is 2.70 bits per heavy atom. The minimum Gasteiger partial charge on any atom is -0.400 e. The van der Waals surface area contributed by atoms with Gasteiger partial charge in [0.2, 0.25) is 0 Å². The number of nitrogens with one attached hydrogen (secondary N) is 1.